The molecule has 0 aliphatic carbocycles. The minimum absolute atomic E-state index is 0.0116. The van der Waals surface area contributed by atoms with E-state index in [9.17, 15) is 14.0 Å². The lowest BCUT2D eigenvalue weighted by atomic mass is 10.0. The molecule has 2 rings (SSSR count). The number of carbonyl (C=O) groups excluding carboxylic acids is 2. The van der Waals surface area contributed by atoms with Gasteiger partial charge in [-0.3, -0.25) is 9.59 Å². The fourth-order valence-electron chi connectivity index (χ4n) is 2.34. The van der Waals surface area contributed by atoms with E-state index in [1.165, 1.54) is 17.0 Å². The van der Waals surface area contributed by atoms with Crippen molar-refractivity contribution in [1.82, 2.24) is 10.2 Å². The summed E-state index contributed by atoms with van der Waals surface area (Å²) in [7, 11) is 0. The second kappa shape index (κ2) is 5.79. The summed E-state index contributed by atoms with van der Waals surface area (Å²) in [5, 5.41) is 2.66. The first-order chi connectivity index (χ1) is 9.43. The summed E-state index contributed by atoms with van der Waals surface area (Å²) in [4.78, 5) is 25.6. The van der Waals surface area contributed by atoms with Gasteiger partial charge in [0.15, 0.2) is 0 Å². The number of rotatable bonds is 3. The Hall–Kier alpha value is -1.62. The topological polar surface area (TPSA) is 49.4 Å². The van der Waals surface area contributed by atoms with Gasteiger partial charge >= 0.3 is 0 Å². The smallest absolute Gasteiger partial charge is 0.245 e. The van der Waals surface area contributed by atoms with Crippen molar-refractivity contribution in [3.05, 3.63) is 34.6 Å². The van der Waals surface area contributed by atoms with Gasteiger partial charge in [-0.25, -0.2) is 4.39 Å². The number of halogens is 2. The van der Waals surface area contributed by atoms with Gasteiger partial charge in [-0.15, -0.1) is 0 Å². The molecular weight excluding hydrogens is 283 g/mol. The first-order valence-electron chi connectivity index (χ1n) is 6.48. The monoisotopic (exact) mass is 298 g/mol. The highest BCUT2D eigenvalue weighted by Crippen LogP contribution is 2.21. The molecule has 108 valence electrons. The summed E-state index contributed by atoms with van der Waals surface area (Å²) in [6, 6.07) is 3.27. The fourth-order valence-corrected chi connectivity index (χ4v) is 2.55. The average molecular weight is 299 g/mol. The number of hydrogen-bond acceptors (Lipinski definition) is 2. The summed E-state index contributed by atoms with van der Waals surface area (Å²) in [6.07, 6.45) is 0.527. The highest BCUT2D eigenvalue weighted by Gasteiger charge is 2.37. The zero-order valence-electron chi connectivity index (χ0n) is 11.3. The maximum absolute atomic E-state index is 13.1. The Morgan fingerprint density at radius 2 is 2.10 bits per heavy atom. The number of carbonyl (C=O) groups is 2. The van der Waals surface area contributed by atoms with E-state index in [1.54, 1.807) is 13.0 Å². The van der Waals surface area contributed by atoms with Crippen molar-refractivity contribution < 1.29 is 14.0 Å². The van der Waals surface area contributed by atoms with Crippen molar-refractivity contribution in [2.75, 3.05) is 0 Å². The summed E-state index contributed by atoms with van der Waals surface area (Å²) in [5.41, 5.74) is 0.699. The number of hydrogen-bond donors (Lipinski definition) is 1. The van der Waals surface area contributed by atoms with Crippen molar-refractivity contribution in [1.29, 1.82) is 0 Å². The zero-order valence-corrected chi connectivity index (χ0v) is 12.1. The van der Waals surface area contributed by atoms with Crippen LogP contribution in [0.4, 0.5) is 4.39 Å². The van der Waals surface area contributed by atoms with E-state index < -0.39 is 17.9 Å². The van der Waals surface area contributed by atoms with Crippen LogP contribution in [0.25, 0.3) is 0 Å². The third kappa shape index (κ3) is 2.77. The van der Waals surface area contributed by atoms with Gasteiger partial charge in [0.25, 0.3) is 0 Å². The largest absolute Gasteiger partial charge is 0.343 e. The molecule has 2 atom stereocenters. The zero-order chi connectivity index (χ0) is 14.9. The van der Waals surface area contributed by atoms with Gasteiger partial charge in [0.1, 0.15) is 17.9 Å². The Bertz CT molecular complexity index is 550. The van der Waals surface area contributed by atoms with E-state index >= 15 is 0 Å². The Kier molecular flexibility index (Phi) is 4.28. The van der Waals surface area contributed by atoms with Crippen LogP contribution in [-0.2, 0) is 16.1 Å². The van der Waals surface area contributed by atoms with Crippen molar-refractivity contribution in [2.45, 2.75) is 38.9 Å². The van der Waals surface area contributed by atoms with Crippen LogP contribution in [0.15, 0.2) is 18.2 Å². The number of benzene rings is 1. The van der Waals surface area contributed by atoms with E-state index in [0.29, 0.717) is 12.0 Å². The van der Waals surface area contributed by atoms with Gasteiger partial charge in [0.2, 0.25) is 11.8 Å². The lowest BCUT2D eigenvalue weighted by Gasteiger charge is -2.37. The molecule has 0 bridgehead atoms. The number of nitrogens with zero attached hydrogens (tertiary/aromatic N) is 1. The van der Waals surface area contributed by atoms with Gasteiger partial charge in [-0.1, -0.05) is 24.6 Å². The molecule has 4 nitrogen and oxygen atoms in total. The summed E-state index contributed by atoms with van der Waals surface area (Å²) >= 11 is 5.74. The maximum Gasteiger partial charge on any atom is 0.245 e. The quantitative estimate of drug-likeness (QED) is 0.929. The highest BCUT2D eigenvalue weighted by molar-refractivity contribution is 6.30. The van der Waals surface area contributed by atoms with Crippen LogP contribution in [0.1, 0.15) is 25.8 Å². The Balaban J connectivity index is 2.25. The molecule has 1 aromatic carbocycles. The van der Waals surface area contributed by atoms with Crippen molar-refractivity contribution in [3.8, 4) is 0 Å². The van der Waals surface area contributed by atoms with E-state index in [-0.39, 0.29) is 23.4 Å². The normalized spacial score (nSPS) is 22.9. The van der Waals surface area contributed by atoms with Crippen LogP contribution in [0.3, 0.4) is 0 Å². The first kappa shape index (κ1) is 14.8. The molecule has 1 N–H and O–H groups in total. The van der Waals surface area contributed by atoms with E-state index in [1.807, 2.05) is 6.92 Å². The van der Waals surface area contributed by atoms with Crippen LogP contribution in [0.5, 0.6) is 0 Å². The minimum atomic E-state index is -0.541. The SMILES string of the molecule is CCC1C(=O)NC(C)C(=O)N1Cc1ccc(F)c(Cl)c1. The predicted molar refractivity (Wildman–Crippen MR) is 73.6 cm³/mol. The Labute approximate surface area is 121 Å². The molecule has 2 amide bonds. The third-order valence-corrected chi connectivity index (χ3v) is 3.70. The van der Waals surface area contributed by atoms with Gasteiger partial charge in [0.05, 0.1) is 5.02 Å². The Morgan fingerprint density at radius 1 is 1.40 bits per heavy atom. The third-order valence-electron chi connectivity index (χ3n) is 3.41. The molecule has 2 unspecified atom stereocenters. The second-order valence-corrected chi connectivity index (χ2v) is 5.28. The van der Waals surface area contributed by atoms with Crippen molar-refractivity contribution in [3.63, 3.8) is 0 Å². The lowest BCUT2D eigenvalue weighted by Crippen LogP contribution is -2.61. The molecule has 1 aliphatic rings. The van der Waals surface area contributed by atoms with E-state index in [2.05, 4.69) is 5.32 Å². The molecule has 1 heterocycles. The Morgan fingerprint density at radius 3 is 2.70 bits per heavy atom. The summed E-state index contributed by atoms with van der Waals surface area (Å²) < 4.78 is 13.1. The van der Waals surface area contributed by atoms with Gasteiger partial charge in [0, 0.05) is 6.54 Å². The molecule has 6 heteroatoms. The van der Waals surface area contributed by atoms with Crippen LogP contribution in [0.2, 0.25) is 5.02 Å². The van der Waals surface area contributed by atoms with Crippen molar-refractivity contribution >= 4 is 23.4 Å². The van der Waals surface area contributed by atoms with Gasteiger partial charge < -0.3 is 10.2 Å². The van der Waals surface area contributed by atoms with Gasteiger partial charge in [-0.2, -0.15) is 0 Å². The van der Waals surface area contributed by atoms with Crippen LogP contribution < -0.4 is 5.32 Å². The maximum atomic E-state index is 13.1. The summed E-state index contributed by atoms with van der Waals surface area (Å²) in [6.45, 7) is 3.74. The van der Waals surface area contributed by atoms with Crippen molar-refractivity contribution in [2.24, 2.45) is 0 Å². The molecule has 0 radical (unpaired) electrons. The predicted octanol–water partition coefficient (Wildman–Crippen LogP) is 2.10. The number of piperazine rings is 1. The number of nitrogens with one attached hydrogen (secondary N) is 1. The second-order valence-electron chi connectivity index (χ2n) is 4.87. The molecule has 0 saturated carbocycles. The minimum Gasteiger partial charge on any atom is -0.343 e. The highest BCUT2D eigenvalue weighted by atomic mass is 35.5. The van der Waals surface area contributed by atoms with Crippen LogP contribution in [-0.4, -0.2) is 28.8 Å². The molecule has 1 fully saturated rings. The molecular formula is C14H16ClFN2O2. The van der Waals surface area contributed by atoms with Gasteiger partial charge in [-0.05, 0) is 31.0 Å². The molecule has 1 aromatic rings. The fraction of sp³-hybridized carbons (Fsp3) is 0.429. The molecule has 20 heavy (non-hydrogen) atoms. The first-order valence-corrected chi connectivity index (χ1v) is 6.86. The molecule has 0 spiro atoms. The standard InChI is InChI=1S/C14H16ClFN2O2/c1-3-12-13(19)17-8(2)14(20)18(12)7-9-4-5-11(16)10(15)6-9/h4-6,8,12H,3,7H2,1-2H3,(H,17,19). The van der Waals surface area contributed by atoms with Crippen LogP contribution >= 0.6 is 11.6 Å². The van der Waals surface area contributed by atoms with E-state index in [4.69, 9.17) is 11.6 Å². The van der Waals surface area contributed by atoms with E-state index in [0.717, 1.165) is 0 Å². The summed E-state index contributed by atoms with van der Waals surface area (Å²) in [5.74, 6) is -0.803. The van der Waals surface area contributed by atoms with Crippen LogP contribution in [0, 0.1) is 5.82 Å². The lowest BCUT2D eigenvalue weighted by molar-refractivity contribution is -0.149. The average Bonchev–Trinajstić information content (AvgIpc) is 2.40. The molecule has 0 aromatic heterocycles. The number of amides is 2. The molecule has 1 aliphatic heterocycles. The molecule has 1 saturated heterocycles.